The van der Waals surface area contributed by atoms with E-state index in [9.17, 15) is 0 Å². The van der Waals surface area contributed by atoms with E-state index in [4.69, 9.17) is 5.10 Å². The van der Waals surface area contributed by atoms with Gasteiger partial charge in [-0.25, -0.2) is 0 Å². The van der Waals surface area contributed by atoms with Crippen LogP contribution in [0.15, 0.2) is 54.7 Å². The number of nitrogens with one attached hydrogen (secondary N) is 1. The van der Waals surface area contributed by atoms with Crippen LogP contribution in [-0.2, 0) is 13.1 Å². The predicted octanol–water partition coefficient (Wildman–Crippen LogP) is 3.79. The first-order chi connectivity index (χ1) is 11.6. The van der Waals surface area contributed by atoms with Crippen LogP contribution < -0.4 is 5.32 Å². The van der Waals surface area contributed by atoms with Crippen LogP contribution in [-0.4, -0.2) is 14.8 Å². The van der Waals surface area contributed by atoms with E-state index in [1.165, 1.54) is 16.8 Å². The van der Waals surface area contributed by atoms with Gasteiger partial charge in [-0.05, 0) is 38.5 Å². The van der Waals surface area contributed by atoms with Crippen molar-refractivity contribution < 1.29 is 0 Å². The number of rotatable bonds is 6. The Morgan fingerprint density at radius 3 is 2.50 bits per heavy atom. The van der Waals surface area contributed by atoms with Gasteiger partial charge in [-0.2, -0.15) is 5.10 Å². The van der Waals surface area contributed by atoms with E-state index in [-0.39, 0.29) is 6.04 Å². The topological polar surface area (TPSA) is 42.7 Å². The number of hydrogen-bond acceptors (Lipinski definition) is 3. The quantitative estimate of drug-likeness (QED) is 0.751. The number of aryl methyl sites for hydroxylation is 1. The van der Waals surface area contributed by atoms with Crippen molar-refractivity contribution in [3.63, 3.8) is 0 Å². The summed E-state index contributed by atoms with van der Waals surface area (Å²) in [6, 6.07) is 16.7. The molecule has 4 heteroatoms. The lowest BCUT2D eigenvalue weighted by atomic mass is 10.1. The van der Waals surface area contributed by atoms with Gasteiger partial charge in [0.25, 0.3) is 0 Å². The van der Waals surface area contributed by atoms with Crippen molar-refractivity contribution in [1.82, 2.24) is 20.1 Å². The van der Waals surface area contributed by atoms with Gasteiger partial charge in [0.2, 0.25) is 0 Å². The highest BCUT2D eigenvalue weighted by molar-refractivity contribution is 5.26. The fourth-order valence-electron chi connectivity index (χ4n) is 2.89. The van der Waals surface area contributed by atoms with Crippen LogP contribution in [0.5, 0.6) is 0 Å². The van der Waals surface area contributed by atoms with Crippen LogP contribution in [0, 0.1) is 13.8 Å². The van der Waals surface area contributed by atoms with Gasteiger partial charge in [-0.1, -0.05) is 36.4 Å². The third kappa shape index (κ3) is 3.71. The summed E-state index contributed by atoms with van der Waals surface area (Å²) in [5, 5.41) is 8.28. The van der Waals surface area contributed by atoms with E-state index in [0.29, 0.717) is 0 Å². The van der Waals surface area contributed by atoms with Gasteiger partial charge in [0.05, 0.1) is 17.9 Å². The second-order valence-electron chi connectivity index (χ2n) is 6.15. The van der Waals surface area contributed by atoms with Crippen molar-refractivity contribution in [3.8, 4) is 0 Å². The number of aromatic nitrogens is 3. The molecular weight excluding hydrogens is 296 g/mol. The van der Waals surface area contributed by atoms with Crippen molar-refractivity contribution in [3.05, 3.63) is 82.9 Å². The molecule has 1 N–H and O–H groups in total. The van der Waals surface area contributed by atoms with Crippen molar-refractivity contribution in [1.29, 1.82) is 0 Å². The molecule has 2 aromatic heterocycles. The molecule has 0 spiro atoms. The van der Waals surface area contributed by atoms with Crippen LogP contribution in [0.3, 0.4) is 0 Å². The van der Waals surface area contributed by atoms with E-state index in [2.05, 4.69) is 66.1 Å². The minimum atomic E-state index is 0.211. The van der Waals surface area contributed by atoms with E-state index < -0.39 is 0 Å². The minimum Gasteiger partial charge on any atom is -0.305 e. The maximum absolute atomic E-state index is 4.72. The third-order valence-electron chi connectivity index (χ3n) is 4.42. The number of benzene rings is 1. The molecule has 1 atom stereocenters. The Balaban J connectivity index is 1.70. The van der Waals surface area contributed by atoms with Gasteiger partial charge in [0.15, 0.2) is 0 Å². The first-order valence-electron chi connectivity index (χ1n) is 8.36. The largest absolute Gasteiger partial charge is 0.305 e. The molecule has 0 saturated heterocycles. The van der Waals surface area contributed by atoms with Crippen LogP contribution in [0.1, 0.15) is 41.2 Å². The number of pyridine rings is 1. The molecule has 0 fully saturated rings. The Morgan fingerprint density at radius 1 is 1.04 bits per heavy atom. The molecular formula is C20H24N4. The summed E-state index contributed by atoms with van der Waals surface area (Å²) >= 11 is 0. The maximum atomic E-state index is 4.72. The Kier molecular flexibility index (Phi) is 5.06. The number of hydrogen-bond donors (Lipinski definition) is 1. The summed E-state index contributed by atoms with van der Waals surface area (Å²) in [6.07, 6.45) is 1.84. The van der Waals surface area contributed by atoms with Crippen LogP contribution in [0.4, 0.5) is 0 Å². The zero-order valence-corrected chi connectivity index (χ0v) is 14.5. The molecule has 0 saturated carbocycles. The van der Waals surface area contributed by atoms with Gasteiger partial charge in [0.1, 0.15) is 0 Å². The summed E-state index contributed by atoms with van der Waals surface area (Å²) in [7, 11) is 0. The van der Waals surface area contributed by atoms with Gasteiger partial charge < -0.3 is 5.32 Å². The molecule has 1 aromatic carbocycles. The van der Waals surface area contributed by atoms with Gasteiger partial charge in [-0.3, -0.25) is 9.67 Å². The van der Waals surface area contributed by atoms with Crippen LogP contribution in [0.2, 0.25) is 0 Å². The SMILES string of the molecule is Cc1nn(Cc2ccccc2)c(C)c1CNC(C)c1ccccn1. The summed E-state index contributed by atoms with van der Waals surface area (Å²) in [4.78, 5) is 4.41. The summed E-state index contributed by atoms with van der Waals surface area (Å²) in [5.41, 5.74) is 5.91. The lowest BCUT2D eigenvalue weighted by Crippen LogP contribution is -2.19. The average molecular weight is 320 g/mol. The van der Waals surface area contributed by atoms with Crippen LogP contribution >= 0.6 is 0 Å². The zero-order valence-electron chi connectivity index (χ0n) is 14.5. The average Bonchev–Trinajstić information content (AvgIpc) is 2.88. The van der Waals surface area contributed by atoms with Gasteiger partial charge in [-0.15, -0.1) is 0 Å². The molecule has 3 aromatic rings. The Morgan fingerprint density at radius 2 is 1.79 bits per heavy atom. The molecule has 1 unspecified atom stereocenters. The number of nitrogens with zero attached hydrogens (tertiary/aromatic N) is 3. The van der Waals surface area contributed by atoms with Crippen molar-refractivity contribution in [2.45, 2.75) is 39.9 Å². The molecule has 0 bridgehead atoms. The Hall–Kier alpha value is -2.46. The molecule has 124 valence electrons. The van der Waals surface area contributed by atoms with Gasteiger partial charge >= 0.3 is 0 Å². The van der Waals surface area contributed by atoms with E-state index >= 15 is 0 Å². The van der Waals surface area contributed by atoms with Crippen molar-refractivity contribution in [2.24, 2.45) is 0 Å². The molecule has 0 aliphatic heterocycles. The monoisotopic (exact) mass is 320 g/mol. The molecule has 2 heterocycles. The summed E-state index contributed by atoms with van der Waals surface area (Å²) in [6.45, 7) is 7.97. The highest BCUT2D eigenvalue weighted by atomic mass is 15.3. The first-order valence-corrected chi connectivity index (χ1v) is 8.36. The second kappa shape index (κ2) is 7.41. The molecule has 3 rings (SSSR count). The maximum Gasteiger partial charge on any atom is 0.0662 e. The fraction of sp³-hybridized carbons (Fsp3) is 0.300. The summed E-state index contributed by atoms with van der Waals surface area (Å²) in [5.74, 6) is 0. The highest BCUT2D eigenvalue weighted by Gasteiger charge is 2.13. The van der Waals surface area contributed by atoms with E-state index in [0.717, 1.165) is 24.5 Å². The lowest BCUT2D eigenvalue weighted by Gasteiger charge is -2.13. The normalized spacial score (nSPS) is 12.3. The standard InChI is InChI=1S/C20H24N4/c1-15-19(13-22-16(2)20-11-7-8-12-21-20)17(3)24(23-15)14-18-9-5-4-6-10-18/h4-12,16,22H,13-14H2,1-3H3. The Labute approximate surface area is 143 Å². The predicted molar refractivity (Wildman–Crippen MR) is 96.7 cm³/mol. The van der Waals surface area contributed by atoms with Crippen molar-refractivity contribution >= 4 is 0 Å². The minimum absolute atomic E-state index is 0.211. The second-order valence-corrected chi connectivity index (χ2v) is 6.15. The molecule has 0 radical (unpaired) electrons. The summed E-state index contributed by atoms with van der Waals surface area (Å²) < 4.78 is 2.09. The van der Waals surface area contributed by atoms with Crippen molar-refractivity contribution in [2.75, 3.05) is 0 Å². The zero-order chi connectivity index (χ0) is 16.9. The smallest absolute Gasteiger partial charge is 0.0662 e. The third-order valence-corrected chi connectivity index (χ3v) is 4.42. The first kappa shape index (κ1) is 16.4. The molecule has 0 amide bonds. The molecule has 24 heavy (non-hydrogen) atoms. The molecule has 4 nitrogen and oxygen atoms in total. The highest BCUT2D eigenvalue weighted by Crippen LogP contribution is 2.17. The molecule has 0 aliphatic carbocycles. The van der Waals surface area contributed by atoms with Gasteiger partial charge in [0, 0.05) is 30.0 Å². The lowest BCUT2D eigenvalue weighted by molar-refractivity contribution is 0.558. The van der Waals surface area contributed by atoms with E-state index in [1.807, 2.05) is 24.4 Å². The van der Waals surface area contributed by atoms with E-state index in [1.54, 1.807) is 0 Å². The Bertz CT molecular complexity index is 778. The fourth-order valence-corrected chi connectivity index (χ4v) is 2.89. The van der Waals surface area contributed by atoms with Crippen LogP contribution in [0.25, 0.3) is 0 Å². The molecule has 0 aliphatic rings.